The van der Waals surface area contributed by atoms with Crippen molar-refractivity contribution in [3.63, 3.8) is 0 Å². The predicted molar refractivity (Wildman–Crippen MR) is 240 cm³/mol. The largest absolute Gasteiger partial charge is 0.493 e. The minimum absolute atomic E-state index is 0.0339. The lowest BCUT2D eigenvalue weighted by atomic mass is 9.99. The molecular formula is C49H48N4O9S. The molecule has 5 aromatic carbocycles. The van der Waals surface area contributed by atoms with Crippen molar-refractivity contribution >= 4 is 56.8 Å². The number of para-hydroxylation sites is 2. The summed E-state index contributed by atoms with van der Waals surface area (Å²) < 4.78 is 48.9. The SMILES string of the molecule is CCCC(C(=O)Nc1cc(COc2cc3c(cc2C)C(=O)N2c4ccccc4C[C@H]2C=N3)cc(COc2cc3c(cc2OC)C(=O)N2c4ccccc4C[C@H]2CC3)c1)S(=O)(=O)OC. The van der Waals surface area contributed by atoms with Crippen LogP contribution < -0.4 is 29.3 Å². The van der Waals surface area contributed by atoms with E-state index in [-0.39, 0.29) is 43.5 Å². The Balaban J connectivity index is 0.986. The third-order valence-corrected chi connectivity index (χ3v) is 13.9. The Morgan fingerprint density at radius 3 is 2.16 bits per heavy atom. The van der Waals surface area contributed by atoms with Crippen LogP contribution in [0.5, 0.6) is 17.2 Å². The minimum Gasteiger partial charge on any atom is -0.493 e. The van der Waals surface area contributed by atoms with Crippen molar-refractivity contribution in [2.45, 2.75) is 82.9 Å². The number of carbonyl (C=O) groups is 3. The Morgan fingerprint density at radius 1 is 0.794 bits per heavy atom. The predicted octanol–water partition coefficient (Wildman–Crippen LogP) is 8.05. The number of hydrogen-bond donors (Lipinski definition) is 1. The summed E-state index contributed by atoms with van der Waals surface area (Å²) in [6, 6.07) is 28.3. The second-order valence-corrected chi connectivity index (χ2v) is 18.3. The van der Waals surface area contributed by atoms with Crippen LogP contribution in [-0.4, -0.2) is 63.9 Å². The highest BCUT2D eigenvalue weighted by atomic mass is 32.2. The highest BCUT2D eigenvalue weighted by Gasteiger charge is 2.39. The highest BCUT2D eigenvalue weighted by molar-refractivity contribution is 7.88. The first kappa shape index (κ1) is 41.8. The molecule has 0 aliphatic carbocycles. The molecule has 9 rings (SSSR count). The summed E-state index contributed by atoms with van der Waals surface area (Å²) in [5, 5.41) is 1.38. The van der Waals surface area contributed by atoms with E-state index in [1.54, 1.807) is 42.2 Å². The second-order valence-electron chi connectivity index (χ2n) is 16.4. The molecule has 1 unspecified atom stereocenters. The summed E-state index contributed by atoms with van der Waals surface area (Å²) in [6.45, 7) is 3.75. The second kappa shape index (κ2) is 17.0. The van der Waals surface area contributed by atoms with E-state index in [2.05, 4.69) is 11.4 Å². The molecule has 0 saturated heterocycles. The number of hydrogen-bond acceptors (Lipinski definition) is 10. The molecule has 0 bridgehead atoms. The molecule has 5 aromatic rings. The van der Waals surface area contributed by atoms with E-state index >= 15 is 0 Å². The van der Waals surface area contributed by atoms with E-state index in [1.165, 1.54) is 12.7 Å². The Morgan fingerprint density at radius 2 is 1.46 bits per heavy atom. The average molecular weight is 869 g/mol. The van der Waals surface area contributed by atoms with Gasteiger partial charge in [0.15, 0.2) is 16.7 Å². The van der Waals surface area contributed by atoms with Gasteiger partial charge in [0.1, 0.15) is 19.0 Å². The molecule has 3 atom stereocenters. The molecule has 0 aromatic heterocycles. The number of ether oxygens (including phenoxy) is 3. The molecule has 1 N–H and O–H groups in total. The van der Waals surface area contributed by atoms with Gasteiger partial charge in [-0.2, -0.15) is 8.42 Å². The lowest BCUT2D eigenvalue weighted by molar-refractivity contribution is -0.116. The first-order valence-electron chi connectivity index (χ1n) is 21.2. The zero-order valence-electron chi connectivity index (χ0n) is 35.6. The molecule has 14 heteroatoms. The Hall–Kier alpha value is -6.51. The van der Waals surface area contributed by atoms with E-state index < -0.39 is 21.3 Å². The summed E-state index contributed by atoms with van der Waals surface area (Å²) in [4.78, 5) is 50.0. The molecule has 0 spiro atoms. The molecule has 4 aliphatic rings. The average Bonchev–Trinajstić information content (AvgIpc) is 3.78. The van der Waals surface area contributed by atoms with Gasteiger partial charge in [0.2, 0.25) is 5.91 Å². The van der Waals surface area contributed by atoms with Crippen molar-refractivity contribution in [3.8, 4) is 17.2 Å². The number of benzene rings is 5. The Kier molecular flexibility index (Phi) is 11.3. The van der Waals surface area contributed by atoms with Gasteiger partial charge in [0.05, 0.1) is 31.5 Å². The van der Waals surface area contributed by atoms with Crippen LogP contribution in [-0.2, 0) is 51.6 Å². The number of methoxy groups -OCH3 is 1. The van der Waals surface area contributed by atoms with Gasteiger partial charge in [0, 0.05) is 47.4 Å². The normalized spacial score (nSPS) is 17.7. The van der Waals surface area contributed by atoms with E-state index in [0.717, 1.165) is 48.0 Å². The standard InChI is InChI=1S/C49H48N4O9S/c1-5-10-46(63(57,58)60-4)47(54)51-35-19-30(27-61-43-25-40-39(17-29(43)2)49(56)53-37(26-50-40)22-34-12-7-9-14-42(34)53)18-31(20-35)28-62-45-23-32-15-16-36-21-33-11-6-8-13-41(33)52(36)48(55)38(32)24-44(45)59-3/h6-9,11-14,17-20,23-26,36-37,46H,5,10,15-16,21-22,27-28H2,1-4H3,(H,51,54)/t36-,37+,46?/m1/s1. The molecule has 0 radical (unpaired) electrons. The fraction of sp³-hybridized carbons (Fsp3) is 0.306. The maximum Gasteiger partial charge on any atom is 0.279 e. The van der Waals surface area contributed by atoms with Crippen LogP contribution in [0.1, 0.15) is 80.3 Å². The molecular weight excluding hydrogens is 821 g/mol. The first-order valence-corrected chi connectivity index (χ1v) is 22.6. The van der Waals surface area contributed by atoms with Crippen LogP contribution in [0, 0.1) is 6.92 Å². The number of rotatable bonds is 13. The molecule has 0 fully saturated rings. The Bertz CT molecular complexity index is 2810. The maximum atomic E-state index is 14.1. The summed E-state index contributed by atoms with van der Waals surface area (Å²) >= 11 is 0. The van der Waals surface area contributed by atoms with Crippen molar-refractivity contribution < 1.29 is 41.2 Å². The fourth-order valence-corrected chi connectivity index (χ4v) is 10.3. The number of anilines is 3. The topological polar surface area (TPSA) is 153 Å². The zero-order valence-corrected chi connectivity index (χ0v) is 36.4. The minimum atomic E-state index is -4.18. The van der Waals surface area contributed by atoms with E-state index in [9.17, 15) is 22.8 Å². The number of fused-ring (bicyclic) bond motifs is 8. The molecule has 0 saturated carbocycles. The van der Waals surface area contributed by atoms with Crippen molar-refractivity contribution in [1.29, 1.82) is 0 Å². The van der Waals surface area contributed by atoms with Gasteiger partial charge in [0.25, 0.3) is 21.9 Å². The van der Waals surface area contributed by atoms with Gasteiger partial charge in [-0.1, -0.05) is 49.7 Å². The number of aliphatic imine (C=N–C) groups is 1. The quantitative estimate of drug-likeness (QED) is 0.116. The van der Waals surface area contributed by atoms with Crippen molar-refractivity contribution in [3.05, 3.63) is 136 Å². The number of amides is 3. The van der Waals surface area contributed by atoms with E-state index in [1.807, 2.05) is 72.6 Å². The number of nitrogens with zero attached hydrogens (tertiary/aromatic N) is 3. The fourth-order valence-electron chi connectivity index (χ4n) is 9.23. The van der Waals surface area contributed by atoms with Gasteiger partial charge in [-0.15, -0.1) is 0 Å². The monoisotopic (exact) mass is 868 g/mol. The van der Waals surface area contributed by atoms with Crippen LogP contribution in [0.4, 0.5) is 22.7 Å². The van der Waals surface area contributed by atoms with Gasteiger partial charge in [-0.05, 0) is 115 Å². The third-order valence-electron chi connectivity index (χ3n) is 12.3. The summed E-state index contributed by atoms with van der Waals surface area (Å²) in [5.41, 5.74) is 8.90. The van der Waals surface area contributed by atoms with Crippen molar-refractivity contribution in [1.82, 2.24) is 0 Å². The summed E-state index contributed by atoms with van der Waals surface area (Å²) in [5.74, 6) is 0.458. The molecule has 13 nitrogen and oxygen atoms in total. The lowest BCUT2D eigenvalue weighted by Crippen LogP contribution is -2.37. The van der Waals surface area contributed by atoms with Crippen LogP contribution in [0.25, 0.3) is 0 Å². The molecule has 4 heterocycles. The molecule has 324 valence electrons. The summed E-state index contributed by atoms with van der Waals surface area (Å²) in [6.07, 6.45) is 5.29. The molecule has 3 amide bonds. The van der Waals surface area contributed by atoms with Gasteiger partial charge >= 0.3 is 0 Å². The van der Waals surface area contributed by atoms with Gasteiger partial charge in [-0.3, -0.25) is 28.5 Å². The lowest BCUT2D eigenvalue weighted by Gasteiger charge is -2.23. The maximum absolute atomic E-state index is 14.1. The zero-order chi connectivity index (χ0) is 44.0. The van der Waals surface area contributed by atoms with Crippen LogP contribution in [0.15, 0.2) is 96.0 Å². The Labute approximate surface area is 366 Å². The summed E-state index contributed by atoms with van der Waals surface area (Å²) in [7, 11) is -1.60. The van der Waals surface area contributed by atoms with Gasteiger partial charge in [-0.25, -0.2) is 0 Å². The number of carbonyl (C=O) groups excluding carboxylic acids is 3. The van der Waals surface area contributed by atoms with E-state index in [0.29, 0.717) is 70.1 Å². The molecule has 63 heavy (non-hydrogen) atoms. The smallest absolute Gasteiger partial charge is 0.279 e. The highest BCUT2D eigenvalue weighted by Crippen LogP contribution is 2.42. The van der Waals surface area contributed by atoms with Crippen LogP contribution >= 0.6 is 0 Å². The first-order chi connectivity index (χ1) is 30.5. The van der Waals surface area contributed by atoms with E-state index in [4.69, 9.17) is 23.4 Å². The van der Waals surface area contributed by atoms with Crippen molar-refractivity contribution in [2.75, 3.05) is 29.3 Å². The number of aryl methyl sites for hydroxylation is 2. The molecule has 4 aliphatic heterocycles. The van der Waals surface area contributed by atoms with Crippen LogP contribution in [0.2, 0.25) is 0 Å². The number of nitrogens with one attached hydrogen (secondary N) is 1. The van der Waals surface area contributed by atoms with Crippen molar-refractivity contribution in [2.24, 2.45) is 4.99 Å². The third kappa shape index (κ3) is 7.93. The van der Waals surface area contributed by atoms with Crippen LogP contribution in [0.3, 0.4) is 0 Å². The van der Waals surface area contributed by atoms with Gasteiger partial charge < -0.3 is 24.4 Å².